The van der Waals surface area contributed by atoms with Gasteiger partial charge in [-0.05, 0) is 19.2 Å². The topological polar surface area (TPSA) is 40.7 Å². The molecular formula is C10H12FN3. The highest BCUT2D eigenvalue weighted by molar-refractivity contribution is 5.81. The van der Waals surface area contributed by atoms with Crippen LogP contribution >= 0.6 is 0 Å². The van der Waals surface area contributed by atoms with Gasteiger partial charge in [0.15, 0.2) is 0 Å². The average Bonchev–Trinajstić information content (AvgIpc) is 2.57. The lowest BCUT2D eigenvalue weighted by Gasteiger charge is -1.96. The lowest BCUT2D eigenvalue weighted by Crippen LogP contribution is -2.10. The van der Waals surface area contributed by atoms with Crippen molar-refractivity contribution in [3.8, 4) is 0 Å². The Balaban J connectivity index is 2.37. The van der Waals surface area contributed by atoms with Crippen LogP contribution in [-0.4, -0.2) is 23.8 Å². The number of benzene rings is 1. The minimum atomic E-state index is -0.246. The normalized spacial score (nSPS) is 11.0. The van der Waals surface area contributed by atoms with E-state index in [1.165, 1.54) is 12.1 Å². The van der Waals surface area contributed by atoms with Crippen LogP contribution in [0.25, 0.3) is 10.9 Å². The molecule has 2 rings (SSSR count). The van der Waals surface area contributed by atoms with Crippen molar-refractivity contribution >= 4 is 10.9 Å². The van der Waals surface area contributed by atoms with Crippen molar-refractivity contribution in [2.24, 2.45) is 0 Å². The van der Waals surface area contributed by atoms with Crippen molar-refractivity contribution in [2.75, 3.05) is 13.6 Å². The number of H-pyrrole nitrogens is 1. The number of nitrogens with one attached hydrogen (secondary N) is 2. The molecule has 1 aromatic carbocycles. The highest BCUT2D eigenvalue weighted by Gasteiger charge is 2.04. The molecule has 2 aromatic rings. The van der Waals surface area contributed by atoms with Crippen molar-refractivity contribution in [1.82, 2.24) is 15.5 Å². The van der Waals surface area contributed by atoms with E-state index in [4.69, 9.17) is 0 Å². The molecule has 0 unspecified atom stereocenters. The van der Waals surface area contributed by atoms with Gasteiger partial charge in [-0.1, -0.05) is 0 Å². The molecule has 14 heavy (non-hydrogen) atoms. The second-order valence-electron chi connectivity index (χ2n) is 3.22. The predicted octanol–water partition coefficient (Wildman–Crippen LogP) is 1.46. The molecule has 0 amide bonds. The quantitative estimate of drug-likeness (QED) is 0.774. The number of rotatable bonds is 3. The predicted molar refractivity (Wildman–Crippen MR) is 53.7 cm³/mol. The molecule has 0 saturated carbocycles. The average molecular weight is 193 g/mol. The minimum Gasteiger partial charge on any atom is -0.319 e. The van der Waals surface area contributed by atoms with Crippen molar-refractivity contribution in [1.29, 1.82) is 0 Å². The van der Waals surface area contributed by atoms with E-state index in [1.54, 1.807) is 6.07 Å². The number of hydrogen-bond acceptors (Lipinski definition) is 2. The number of nitrogens with zero attached hydrogens (tertiary/aromatic N) is 1. The van der Waals surface area contributed by atoms with Crippen molar-refractivity contribution < 1.29 is 4.39 Å². The van der Waals surface area contributed by atoms with E-state index in [0.29, 0.717) is 5.52 Å². The Morgan fingerprint density at radius 2 is 2.36 bits per heavy atom. The summed E-state index contributed by atoms with van der Waals surface area (Å²) in [6.07, 6.45) is 0.874. The SMILES string of the molecule is CNCCc1[nH]nc2cc(F)ccc12. The van der Waals surface area contributed by atoms with Crippen LogP contribution in [0.2, 0.25) is 0 Å². The summed E-state index contributed by atoms with van der Waals surface area (Å²) in [5.74, 6) is -0.246. The number of hydrogen-bond donors (Lipinski definition) is 2. The third-order valence-electron chi connectivity index (χ3n) is 2.22. The molecular weight excluding hydrogens is 181 g/mol. The lowest BCUT2D eigenvalue weighted by molar-refractivity contribution is 0.629. The maximum absolute atomic E-state index is 12.8. The molecule has 0 bridgehead atoms. The molecule has 4 heteroatoms. The fourth-order valence-corrected chi connectivity index (χ4v) is 1.48. The van der Waals surface area contributed by atoms with Gasteiger partial charge in [0, 0.05) is 30.1 Å². The lowest BCUT2D eigenvalue weighted by atomic mass is 10.1. The van der Waals surface area contributed by atoms with Gasteiger partial charge in [-0.25, -0.2) is 4.39 Å². The highest BCUT2D eigenvalue weighted by Crippen LogP contribution is 2.16. The molecule has 1 aromatic heterocycles. The number of aromatic amines is 1. The maximum atomic E-state index is 12.8. The Kier molecular flexibility index (Phi) is 2.45. The molecule has 0 radical (unpaired) electrons. The van der Waals surface area contributed by atoms with Gasteiger partial charge < -0.3 is 5.32 Å². The first-order valence-corrected chi connectivity index (χ1v) is 4.58. The van der Waals surface area contributed by atoms with Gasteiger partial charge in [-0.3, -0.25) is 5.10 Å². The maximum Gasteiger partial charge on any atom is 0.125 e. The Labute approximate surface area is 81.3 Å². The van der Waals surface area contributed by atoms with Crippen LogP contribution in [0.4, 0.5) is 4.39 Å². The van der Waals surface area contributed by atoms with Gasteiger partial charge in [0.05, 0.1) is 5.52 Å². The van der Waals surface area contributed by atoms with Gasteiger partial charge in [0.25, 0.3) is 0 Å². The van der Waals surface area contributed by atoms with E-state index in [1.807, 2.05) is 7.05 Å². The van der Waals surface area contributed by atoms with E-state index < -0.39 is 0 Å². The third-order valence-corrected chi connectivity index (χ3v) is 2.22. The van der Waals surface area contributed by atoms with Gasteiger partial charge in [-0.2, -0.15) is 5.10 Å². The molecule has 74 valence electrons. The summed E-state index contributed by atoms with van der Waals surface area (Å²) < 4.78 is 12.8. The van der Waals surface area contributed by atoms with Gasteiger partial charge in [0.2, 0.25) is 0 Å². The summed E-state index contributed by atoms with van der Waals surface area (Å²) >= 11 is 0. The molecule has 1 heterocycles. The van der Waals surface area contributed by atoms with Crippen LogP contribution in [0, 0.1) is 5.82 Å². The fourth-order valence-electron chi connectivity index (χ4n) is 1.48. The summed E-state index contributed by atoms with van der Waals surface area (Å²) in [5, 5.41) is 11.0. The van der Waals surface area contributed by atoms with Crippen LogP contribution in [0.3, 0.4) is 0 Å². The Morgan fingerprint density at radius 3 is 3.14 bits per heavy atom. The Hall–Kier alpha value is -1.42. The van der Waals surface area contributed by atoms with Crippen LogP contribution in [0.15, 0.2) is 18.2 Å². The number of fused-ring (bicyclic) bond motifs is 1. The summed E-state index contributed by atoms with van der Waals surface area (Å²) in [5.41, 5.74) is 1.74. The molecule has 0 saturated heterocycles. The first-order chi connectivity index (χ1) is 6.81. The van der Waals surface area contributed by atoms with Crippen molar-refractivity contribution in [3.63, 3.8) is 0 Å². The summed E-state index contributed by atoms with van der Waals surface area (Å²) in [4.78, 5) is 0. The third kappa shape index (κ3) is 1.61. The minimum absolute atomic E-state index is 0.246. The number of aromatic nitrogens is 2. The molecule has 0 aliphatic heterocycles. The second kappa shape index (κ2) is 3.75. The zero-order valence-corrected chi connectivity index (χ0v) is 7.97. The van der Waals surface area contributed by atoms with E-state index in [0.717, 1.165) is 24.0 Å². The molecule has 0 aliphatic carbocycles. The first kappa shape index (κ1) is 9.15. The number of halogens is 1. The Bertz CT molecular complexity index is 436. The summed E-state index contributed by atoms with van der Waals surface area (Å²) in [7, 11) is 1.90. The largest absolute Gasteiger partial charge is 0.319 e. The van der Waals surface area contributed by atoms with Gasteiger partial charge >= 0.3 is 0 Å². The van der Waals surface area contributed by atoms with Gasteiger partial charge in [-0.15, -0.1) is 0 Å². The van der Waals surface area contributed by atoms with Crippen molar-refractivity contribution in [2.45, 2.75) is 6.42 Å². The van der Waals surface area contributed by atoms with E-state index in [9.17, 15) is 4.39 Å². The molecule has 3 nitrogen and oxygen atoms in total. The van der Waals surface area contributed by atoms with Crippen LogP contribution in [0.1, 0.15) is 5.69 Å². The fraction of sp³-hybridized carbons (Fsp3) is 0.300. The monoisotopic (exact) mass is 193 g/mol. The smallest absolute Gasteiger partial charge is 0.125 e. The molecule has 0 spiro atoms. The van der Waals surface area contributed by atoms with E-state index >= 15 is 0 Å². The summed E-state index contributed by atoms with van der Waals surface area (Å²) in [6, 6.07) is 4.66. The van der Waals surface area contributed by atoms with Crippen LogP contribution < -0.4 is 5.32 Å². The molecule has 2 N–H and O–H groups in total. The highest BCUT2D eigenvalue weighted by atomic mass is 19.1. The van der Waals surface area contributed by atoms with Crippen LogP contribution in [0.5, 0.6) is 0 Å². The van der Waals surface area contributed by atoms with Crippen molar-refractivity contribution in [3.05, 3.63) is 29.7 Å². The number of likely N-dealkylation sites (N-methyl/N-ethyl adjacent to an activating group) is 1. The standard InChI is InChI=1S/C10H12FN3/c1-12-5-4-9-8-3-2-7(11)6-10(8)14-13-9/h2-3,6,12H,4-5H2,1H3,(H,13,14). The first-order valence-electron chi connectivity index (χ1n) is 4.58. The zero-order chi connectivity index (χ0) is 9.97. The molecule has 0 atom stereocenters. The Morgan fingerprint density at radius 1 is 1.50 bits per heavy atom. The summed E-state index contributed by atoms with van der Waals surface area (Å²) in [6.45, 7) is 0.884. The van der Waals surface area contributed by atoms with E-state index in [2.05, 4.69) is 15.5 Å². The zero-order valence-electron chi connectivity index (χ0n) is 7.97. The van der Waals surface area contributed by atoms with E-state index in [-0.39, 0.29) is 5.82 Å². The molecule has 0 aliphatic rings. The molecule has 0 fully saturated rings. The van der Waals surface area contributed by atoms with Crippen LogP contribution in [-0.2, 0) is 6.42 Å². The van der Waals surface area contributed by atoms with Gasteiger partial charge in [0.1, 0.15) is 5.82 Å². The second-order valence-corrected chi connectivity index (χ2v) is 3.22.